The summed E-state index contributed by atoms with van der Waals surface area (Å²) in [6.07, 6.45) is 0. The third-order valence-electron chi connectivity index (χ3n) is 17.8. The second-order valence-electron chi connectivity index (χ2n) is 22.1. The Morgan fingerprint density at radius 2 is 0.682 bits per heavy atom. The van der Waals surface area contributed by atoms with E-state index in [4.69, 9.17) is 4.42 Å². The molecule has 392 valence electrons. The summed E-state index contributed by atoms with van der Waals surface area (Å²) in [5, 5.41) is 38.1. The fourth-order valence-corrected chi connectivity index (χ4v) is 14.4. The van der Waals surface area contributed by atoms with Gasteiger partial charge in [-0.2, -0.15) is 10.5 Å². The fraction of sp³-hybridized carbons (Fsp3) is 0. The summed E-state index contributed by atoms with van der Waals surface area (Å²) in [5.41, 5.74) is 15.9. The van der Waals surface area contributed by atoms with Crippen LogP contribution in [0.4, 0.5) is 0 Å². The van der Waals surface area contributed by atoms with Crippen molar-refractivity contribution in [2.45, 2.75) is 0 Å². The molecule has 0 bridgehead atoms. The Morgan fingerprint density at radius 3 is 1.18 bits per heavy atom. The summed E-state index contributed by atoms with van der Waals surface area (Å²) in [4.78, 5) is 0. The molecule has 85 heavy (non-hydrogen) atoms. The van der Waals surface area contributed by atoms with Crippen LogP contribution in [0.25, 0.3) is 165 Å². The molecular formula is C78H44N6O. The molecule has 0 unspecified atom stereocenters. The second kappa shape index (κ2) is 17.8. The molecule has 7 heteroatoms. The van der Waals surface area contributed by atoms with Crippen molar-refractivity contribution in [1.82, 2.24) is 18.3 Å². The van der Waals surface area contributed by atoms with Crippen molar-refractivity contribution >= 4 is 120 Å². The highest BCUT2D eigenvalue weighted by molar-refractivity contribution is 6.23. The Bertz CT molecular complexity index is 5850. The molecule has 0 radical (unpaired) electrons. The molecule has 0 saturated heterocycles. The lowest BCUT2D eigenvalue weighted by Gasteiger charge is -2.27. The topological polar surface area (TPSA) is 80.4 Å². The lowest BCUT2D eigenvalue weighted by atomic mass is 9.89. The summed E-state index contributed by atoms with van der Waals surface area (Å²) in [7, 11) is 0. The quantitative estimate of drug-likeness (QED) is 0.166. The Kier molecular flexibility index (Phi) is 9.80. The summed E-state index contributed by atoms with van der Waals surface area (Å²) in [6.45, 7) is 0. The molecule has 0 atom stereocenters. The van der Waals surface area contributed by atoms with Crippen molar-refractivity contribution in [3.63, 3.8) is 0 Å². The first kappa shape index (κ1) is 46.8. The average molecular weight is 1080 g/mol. The van der Waals surface area contributed by atoms with Crippen LogP contribution in [0.1, 0.15) is 11.1 Å². The van der Waals surface area contributed by atoms with Crippen molar-refractivity contribution in [2.24, 2.45) is 0 Å². The van der Waals surface area contributed by atoms with Gasteiger partial charge in [0, 0.05) is 53.9 Å². The van der Waals surface area contributed by atoms with E-state index in [1.165, 1.54) is 0 Å². The molecule has 0 aliphatic rings. The molecule has 0 amide bonds. The SMILES string of the molecule is N#Cc1c(-n2c3ccccc3c3ccccc32)c(-n2c3ccccc3c3ccccc32)c(C#N)c(-n2c3ccc(-c4c(-c5ccccc5)ccc5ccccc45)cc3c3ccc4c5ccccc5oc4c32)c1-n1c2ccccc2c2ccccc21. The third kappa shape index (κ3) is 6.41. The van der Waals surface area contributed by atoms with Crippen LogP contribution in [-0.2, 0) is 0 Å². The molecule has 5 aromatic heterocycles. The number of aromatic nitrogens is 4. The van der Waals surface area contributed by atoms with Gasteiger partial charge in [0.15, 0.2) is 5.58 Å². The van der Waals surface area contributed by atoms with E-state index in [9.17, 15) is 10.5 Å². The van der Waals surface area contributed by atoms with Crippen LogP contribution in [-0.4, -0.2) is 18.3 Å². The highest BCUT2D eigenvalue weighted by Gasteiger charge is 2.35. The van der Waals surface area contributed by atoms with E-state index in [-0.39, 0.29) is 0 Å². The highest BCUT2D eigenvalue weighted by Crippen LogP contribution is 2.51. The Hall–Kier alpha value is -11.9. The number of rotatable bonds is 6. The Labute approximate surface area is 485 Å². The van der Waals surface area contributed by atoms with Gasteiger partial charge in [-0.05, 0) is 93.7 Å². The fourth-order valence-electron chi connectivity index (χ4n) is 14.4. The molecule has 0 aliphatic heterocycles. The van der Waals surface area contributed by atoms with Crippen molar-refractivity contribution < 1.29 is 4.42 Å². The van der Waals surface area contributed by atoms with Crippen LogP contribution in [0.15, 0.2) is 271 Å². The van der Waals surface area contributed by atoms with E-state index >= 15 is 0 Å². The summed E-state index contributed by atoms with van der Waals surface area (Å²) < 4.78 is 16.2. The average Bonchev–Trinajstić information content (AvgIpc) is 1.88. The molecule has 0 fully saturated rings. The molecule has 13 aromatic carbocycles. The van der Waals surface area contributed by atoms with E-state index < -0.39 is 0 Å². The van der Waals surface area contributed by atoms with Gasteiger partial charge in [0.1, 0.15) is 28.8 Å². The van der Waals surface area contributed by atoms with Gasteiger partial charge < -0.3 is 22.7 Å². The molecule has 18 aromatic rings. The van der Waals surface area contributed by atoms with Crippen LogP contribution in [0.3, 0.4) is 0 Å². The van der Waals surface area contributed by atoms with Gasteiger partial charge in [-0.15, -0.1) is 0 Å². The van der Waals surface area contributed by atoms with Crippen molar-refractivity contribution in [1.29, 1.82) is 10.5 Å². The molecule has 18 rings (SSSR count). The van der Waals surface area contributed by atoms with Crippen LogP contribution >= 0.6 is 0 Å². The van der Waals surface area contributed by atoms with Crippen LogP contribution in [0.2, 0.25) is 0 Å². The van der Waals surface area contributed by atoms with Crippen LogP contribution in [0.5, 0.6) is 0 Å². The molecule has 0 spiro atoms. The number of nitriles is 2. The highest BCUT2D eigenvalue weighted by atomic mass is 16.3. The third-order valence-corrected chi connectivity index (χ3v) is 17.8. The Morgan fingerprint density at radius 1 is 0.282 bits per heavy atom. The molecule has 5 heterocycles. The summed E-state index contributed by atoms with van der Waals surface area (Å²) >= 11 is 0. The van der Waals surface area contributed by atoms with Gasteiger partial charge in [-0.25, -0.2) is 0 Å². The number of benzene rings is 13. The lowest BCUT2D eigenvalue weighted by molar-refractivity contribution is 0.671. The van der Waals surface area contributed by atoms with Gasteiger partial charge in [0.2, 0.25) is 0 Å². The standard InChI is InChI=1S/C78H44N6O/c79-45-62-73(81-64-31-13-6-24-52(64)53-25-7-14-32-65(53)81)74(82-66-33-15-8-26-54(66)55-27-9-16-34-67(55)82)63(46-80)76(75(62)83-68-35-17-10-28-56(68)57-29-11-18-36-69(57)83)84-70-43-39-49(72-50-23-5-4-22-48(50)38-40-51(72)47-20-2-1-3-21-47)44-61(70)59-41-42-60-58-30-12-19-37-71(58)85-78(60)77(59)84/h1-44H. The van der Waals surface area contributed by atoms with Gasteiger partial charge >= 0.3 is 0 Å². The first-order chi connectivity index (χ1) is 42.2. The number of nitrogens with zero attached hydrogens (tertiary/aromatic N) is 6. The Balaban J connectivity index is 1.11. The maximum atomic E-state index is 13.0. The van der Waals surface area contributed by atoms with E-state index in [0.717, 1.165) is 137 Å². The maximum Gasteiger partial charge on any atom is 0.160 e. The van der Waals surface area contributed by atoms with Gasteiger partial charge in [0.05, 0.1) is 66.9 Å². The van der Waals surface area contributed by atoms with E-state index in [2.05, 4.69) is 285 Å². The van der Waals surface area contributed by atoms with E-state index in [0.29, 0.717) is 39.5 Å². The van der Waals surface area contributed by atoms with Gasteiger partial charge in [-0.3, -0.25) is 0 Å². The first-order valence-corrected chi connectivity index (χ1v) is 28.6. The number of para-hydroxylation sites is 7. The zero-order valence-corrected chi connectivity index (χ0v) is 45.5. The summed E-state index contributed by atoms with van der Waals surface area (Å²) in [5.74, 6) is 0. The maximum absolute atomic E-state index is 13.0. The largest absolute Gasteiger partial charge is 0.454 e. The molecule has 7 nitrogen and oxygen atoms in total. The van der Waals surface area contributed by atoms with Gasteiger partial charge in [-0.1, -0.05) is 206 Å². The van der Waals surface area contributed by atoms with Crippen molar-refractivity contribution in [2.75, 3.05) is 0 Å². The molecule has 0 aliphatic carbocycles. The zero-order valence-electron chi connectivity index (χ0n) is 45.5. The second-order valence-corrected chi connectivity index (χ2v) is 22.1. The number of hydrogen-bond donors (Lipinski definition) is 0. The van der Waals surface area contributed by atoms with E-state index in [1.54, 1.807) is 0 Å². The minimum atomic E-state index is 0.371. The predicted octanol–water partition coefficient (Wildman–Crippen LogP) is 20.2. The smallest absolute Gasteiger partial charge is 0.160 e. The van der Waals surface area contributed by atoms with Crippen molar-refractivity contribution in [3.05, 3.63) is 278 Å². The molecule has 0 N–H and O–H groups in total. The van der Waals surface area contributed by atoms with Gasteiger partial charge in [0.25, 0.3) is 0 Å². The van der Waals surface area contributed by atoms with E-state index in [1.807, 2.05) is 12.1 Å². The molecular weight excluding hydrogens is 1040 g/mol. The number of furan rings is 1. The van der Waals surface area contributed by atoms with Crippen LogP contribution < -0.4 is 0 Å². The first-order valence-electron chi connectivity index (χ1n) is 28.6. The number of fused-ring (bicyclic) bond motifs is 17. The summed E-state index contributed by atoms with van der Waals surface area (Å²) in [6, 6.07) is 99.6. The molecule has 0 saturated carbocycles. The predicted molar refractivity (Wildman–Crippen MR) is 349 cm³/mol. The zero-order chi connectivity index (χ0) is 56.0. The minimum Gasteiger partial charge on any atom is -0.454 e. The van der Waals surface area contributed by atoms with Crippen LogP contribution in [0, 0.1) is 22.7 Å². The normalized spacial score (nSPS) is 12.0. The minimum absolute atomic E-state index is 0.371. The monoisotopic (exact) mass is 1080 g/mol. The van der Waals surface area contributed by atoms with Crippen molar-refractivity contribution in [3.8, 4) is 57.1 Å². The lowest BCUT2D eigenvalue weighted by Crippen LogP contribution is -2.16. The number of hydrogen-bond acceptors (Lipinski definition) is 3.